The lowest BCUT2D eigenvalue weighted by Gasteiger charge is -2.42. The molecule has 1 aromatic heterocycles. The molecule has 2 heterocycles. The van der Waals surface area contributed by atoms with E-state index in [2.05, 4.69) is 84.3 Å². The Balaban J connectivity index is 0.000000677. The second kappa shape index (κ2) is 18.9. The summed E-state index contributed by atoms with van der Waals surface area (Å²) >= 11 is 3.60. The van der Waals surface area contributed by atoms with Crippen molar-refractivity contribution in [2.45, 2.75) is 118 Å². The number of anilines is 1. The molecule has 3 N–H and O–H groups in total. The van der Waals surface area contributed by atoms with E-state index >= 15 is 0 Å². The Bertz CT molecular complexity index is 1800. The van der Waals surface area contributed by atoms with Crippen molar-refractivity contribution in [1.29, 1.82) is 0 Å². The lowest BCUT2D eigenvalue weighted by atomic mass is 9.80. The summed E-state index contributed by atoms with van der Waals surface area (Å²) in [4.78, 5) is 37.3. The van der Waals surface area contributed by atoms with Crippen molar-refractivity contribution in [3.05, 3.63) is 86.8 Å². The summed E-state index contributed by atoms with van der Waals surface area (Å²) in [5, 5.41) is 20.7. The topological polar surface area (TPSA) is 110 Å². The van der Waals surface area contributed by atoms with E-state index in [1.807, 2.05) is 36.9 Å². The molecule has 8 nitrogen and oxygen atoms in total. The molecule has 282 valence electrons. The maximum absolute atomic E-state index is 14.5. The minimum Gasteiger partial charge on any atom is -0.506 e. The van der Waals surface area contributed by atoms with Crippen LogP contribution in [0.15, 0.2) is 69.9 Å². The molecule has 0 saturated heterocycles. The van der Waals surface area contributed by atoms with Crippen molar-refractivity contribution in [3.8, 4) is 5.75 Å². The zero-order valence-electron chi connectivity index (χ0n) is 32.3. The average molecular weight is 776 g/mol. The molecule has 0 spiro atoms. The van der Waals surface area contributed by atoms with Crippen LogP contribution in [0.5, 0.6) is 5.75 Å². The minimum atomic E-state index is -0.119. The van der Waals surface area contributed by atoms with Gasteiger partial charge in [-0.25, -0.2) is 4.98 Å². The van der Waals surface area contributed by atoms with Crippen molar-refractivity contribution < 1.29 is 19.8 Å². The summed E-state index contributed by atoms with van der Waals surface area (Å²) in [6, 6.07) is 9.85. The van der Waals surface area contributed by atoms with Crippen molar-refractivity contribution in [3.63, 3.8) is 0 Å². The lowest BCUT2D eigenvalue weighted by Crippen LogP contribution is -2.47. The SMILES string of the molecule is C=CC(=O)C(C)CC.CCCC(=C(C)CC)C1=C(N(C)c2ccc(C3CCC3)cc2O)CCN(C(=O)c2ccc(Br)c3nc(CCO)[nH]c23)C1CC. The van der Waals surface area contributed by atoms with Crippen LogP contribution in [0.25, 0.3) is 11.0 Å². The molecule has 2 atom stereocenters. The predicted molar refractivity (Wildman–Crippen MR) is 217 cm³/mol. The average Bonchev–Trinajstić information content (AvgIpc) is 3.56. The van der Waals surface area contributed by atoms with Crippen molar-refractivity contribution in [1.82, 2.24) is 14.9 Å². The molecule has 2 unspecified atom stereocenters. The molecule has 1 saturated carbocycles. The maximum atomic E-state index is 14.5. The van der Waals surface area contributed by atoms with E-state index in [1.54, 1.807) is 0 Å². The van der Waals surface area contributed by atoms with Gasteiger partial charge < -0.3 is 25.0 Å². The summed E-state index contributed by atoms with van der Waals surface area (Å²) in [6.07, 6.45) is 10.7. The van der Waals surface area contributed by atoms with E-state index in [0.29, 0.717) is 53.5 Å². The van der Waals surface area contributed by atoms with Gasteiger partial charge in [-0.3, -0.25) is 9.59 Å². The first-order valence-electron chi connectivity index (χ1n) is 19.2. The van der Waals surface area contributed by atoms with E-state index in [9.17, 15) is 19.8 Å². The van der Waals surface area contributed by atoms with Crippen LogP contribution in [0.3, 0.4) is 0 Å². The fourth-order valence-electron chi connectivity index (χ4n) is 7.33. The summed E-state index contributed by atoms with van der Waals surface area (Å²) in [7, 11) is 2.06. The number of H-pyrrole nitrogens is 1. The zero-order valence-corrected chi connectivity index (χ0v) is 33.9. The standard InChI is InChI=1S/C36H47BrN4O3.C7H12O/c1-6-10-25(22(4)7-2)33-28(8-3)41(36(44)26-14-15-27(37)35-34(26)38-32(39-35)18-20-42)19-17-30(33)40(5)29-16-13-24(21-31(29)43)23-11-9-12-23;1-4-6(3)7(8)5-2/h13-16,21,23,28,42-43H,6-12,17-20H2,1-5H3,(H,38,39);5-6H,2,4H2,1,3H3. The van der Waals surface area contributed by atoms with Crippen molar-refractivity contribution in [2.24, 2.45) is 5.92 Å². The third-order valence-electron chi connectivity index (χ3n) is 11.0. The number of nitrogens with one attached hydrogen (secondary N) is 1. The molecule has 1 aliphatic heterocycles. The molecule has 5 rings (SSSR count). The van der Waals surface area contributed by atoms with E-state index in [0.717, 1.165) is 42.3 Å². The van der Waals surface area contributed by atoms with Gasteiger partial charge in [-0.05, 0) is 114 Å². The van der Waals surface area contributed by atoms with Gasteiger partial charge in [-0.1, -0.05) is 65.7 Å². The largest absolute Gasteiger partial charge is 0.506 e. The second-order valence-electron chi connectivity index (χ2n) is 14.2. The molecule has 0 bridgehead atoms. The van der Waals surface area contributed by atoms with Crippen molar-refractivity contribution >= 4 is 44.3 Å². The zero-order chi connectivity index (χ0) is 38.1. The van der Waals surface area contributed by atoms with Gasteiger partial charge in [0.05, 0.1) is 29.4 Å². The summed E-state index contributed by atoms with van der Waals surface area (Å²) in [5.74, 6) is 1.82. The molecule has 1 aliphatic carbocycles. The minimum absolute atomic E-state index is 0.0165. The molecule has 1 fully saturated rings. The Morgan fingerprint density at radius 3 is 2.44 bits per heavy atom. The highest BCUT2D eigenvalue weighted by molar-refractivity contribution is 9.10. The van der Waals surface area contributed by atoms with Gasteiger partial charge in [0.2, 0.25) is 0 Å². The van der Waals surface area contributed by atoms with E-state index in [1.165, 1.54) is 53.3 Å². The number of imidazole rings is 1. The third-order valence-corrected chi connectivity index (χ3v) is 11.6. The Morgan fingerprint density at radius 2 is 1.90 bits per heavy atom. The van der Waals surface area contributed by atoms with Gasteiger partial charge in [0.15, 0.2) is 5.78 Å². The van der Waals surface area contributed by atoms with E-state index in [4.69, 9.17) is 0 Å². The van der Waals surface area contributed by atoms with Crippen LogP contribution < -0.4 is 4.90 Å². The Hall–Kier alpha value is -3.69. The van der Waals surface area contributed by atoms with Crippen LogP contribution in [0.1, 0.15) is 127 Å². The number of halogens is 1. The first kappa shape index (κ1) is 41.1. The van der Waals surface area contributed by atoms with Crippen LogP contribution in [0.2, 0.25) is 0 Å². The van der Waals surface area contributed by atoms with Gasteiger partial charge >= 0.3 is 0 Å². The molecule has 52 heavy (non-hydrogen) atoms. The van der Waals surface area contributed by atoms with Gasteiger partial charge in [0, 0.05) is 42.5 Å². The molecular formula is C43H59BrN4O4. The molecule has 3 aromatic rings. The molecule has 1 amide bonds. The molecule has 2 aliphatic rings. The fraction of sp³-hybridized carbons (Fsp3) is 0.512. The second-order valence-corrected chi connectivity index (χ2v) is 15.1. The number of phenolic OH excluding ortho intramolecular Hbond substituents is 1. The molecular weight excluding hydrogens is 716 g/mol. The molecule has 9 heteroatoms. The summed E-state index contributed by atoms with van der Waals surface area (Å²) in [5.41, 5.74) is 9.10. The number of aromatic nitrogens is 2. The Labute approximate surface area is 319 Å². The van der Waals surface area contributed by atoms with Crippen LogP contribution in [-0.2, 0) is 11.2 Å². The number of nitrogens with zero attached hydrogens (tertiary/aromatic N) is 3. The summed E-state index contributed by atoms with van der Waals surface area (Å²) in [6.45, 7) is 16.6. The number of hydrogen-bond donors (Lipinski definition) is 3. The fourth-order valence-corrected chi connectivity index (χ4v) is 7.75. The molecule has 0 radical (unpaired) electrons. The molecule has 2 aromatic carbocycles. The van der Waals surface area contributed by atoms with Gasteiger partial charge in [0.1, 0.15) is 17.1 Å². The number of fused-ring (bicyclic) bond motifs is 1. The first-order valence-corrected chi connectivity index (χ1v) is 20.0. The monoisotopic (exact) mass is 774 g/mol. The number of benzene rings is 2. The Kier molecular flexibility index (Phi) is 14.9. The van der Waals surface area contributed by atoms with Crippen LogP contribution in [0.4, 0.5) is 5.69 Å². The third kappa shape index (κ3) is 8.91. The highest BCUT2D eigenvalue weighted by atomic mass is 79.9. The summed E-state index contributed by atoms with van der Waals surface area (Å²) < 4.78 is 0.814. The number of aliphatic hydroxyl groups is 1. The predicted octanol–water partition coefficient (Wildman–Crippen LogP) is 10.2. The number of aromatic amines is 1. The van der Waals surface area contributed by atoms with Crippen molar-refractivity contribution in [2.75, 3.05) is 25.1 Å². The number of allylic oxidation sites excluding steroid dienone is 2. The van der Waals surface area contributed by atoms with Gasteiger partial charge in [0.25, 0.3) is 5.91 Å². The Morgan fingerprint density at radius 1 is 1.17 bits per heavy atom. The van der Waals surface area contributed by atoms with Crippen LogP contribution in [0, 0.1) is 5.92 Å². The number of carbonyl (C=O) groups excluding carboxylic acids is 2. The lowest BCUT2D eigenvalue weighted by molar-refractivity contribution is -0.117. The van der Waals surface area contributed by atoms with Gasteiger partial charge in [-0.15, -0.1) is 0 Å². The quantitative estimate of drug-likeness (QED) is 0.141. The number of rotatable bonds is 14. The number of amides is 1. The smallest absolute Gasteiger partial charge is 0.256 e. The maximum Gasteiger partial charge on any atom is 0.256 e. The number of aliphatic hydroxyl groups excluding tert-OH is 1. The van der Waals surface area contributed by atoms with E-state index < -0.39 is 0 Å². The first-order chi connectivity index (χ1) is 24.9. The van der Waals surface area contributed by atoms with Crippen LogP contribution >= 0.6 is 15.9 Å². The number of ketones is 1. The highest BCUT2D eigenvalue weighted by Gasteiger charge is 2.37. The number of carbonyl (C=O) groups is 2. The number of aromatic hydroxyl groups is 1. The van der Waals surface area contributed by atoms with Crippen LogP contribution in [-0.4, -0.2) is 63.0 Å². The van der Waals surface area contributed by atoms with E-state index in [-0.39, 0.29) is 30.3 Å². The number of hydrogen-bond acceptors (Lipinski definition) is 6. The van der Waals surface area contributed by atoms with Gasteiger partial charge in [-0.2, -0.15) is 0 Å². The number of phenols is 1. The normalized spacial score (nSPS) is 17.2. The highest BCUT2D eigenvalue weighted by Crippen LogP contribution is 2.43.